The number of quaternary nitrogens is 1. The number of carboxylic acids is 1. The molecule has 2 atom stereocenters. The second kappa shape index (κ2) is 52.8. The zero-order valence-electron chi connectivity index (χ0n) is 46.4. The van der Waals surface area contributed by atoms with Crippen molar-refractivity contribution < 1.29 is 42.9 Å². The van der Waals surface area contributed by atoms with Crippen molar-refractivity contribution >= 4 is 17.9 Å². The van der Waals surface area contributed by atoms with Crippen LogP contribution in [0.3, 0.4) is 0 Å². The molecule has 0 aliphatic heterocycles. The predicted octanol–water partition coefficient (Wildman–Crippen LogP) is 16.8. The summed E-state index contributed by atoms with van der Waals surface area (Å²) in [5.41, 5.74) is 0. The van der Waals surface area contributed by atoms with E-state index in [9.17, 15) is 19.5 Å². The Kier molecular flexibility index (Phi) is 50.2. The Hall–Kier alpha value is -3.53. The van der Waals surface area contributed by atoms with Crippen molar-refractivity contribution in [2.24, 2.45) is 0 Å². The van der Waals surface area contributed by atoms with Crippen LogP contribution >= 0.6 is 0 Å². The molecule has 0 aliphatic carbocycles. The highest BCUT2D eigenvalue weighted by Gasteiger charge is 2.25. The fourth-order valence-electron chi connectivity index (χ4n) is 7.72. The van der Waals surface area contributed by atoms with Gasteiger partial charge in [-0.05, 0) is 89.9 Å². The molecular weight excluding hydrogens is 887 g/mol. The number of unbranched alkanes of at least 4 members (excludes halogenated alkanes) is 23. The molecule has 1 N–H and O–H groups in total. The van der Waals surface area contributed by atoms with Crippen LogP contribution in [0.1, 0.15) is 232 Å². The second-order valence-corrected chi connectivity index (χ2v) is 20.2. The van der Waals surface area contributed by atoms with Gasteiger partial charge >= 0.3 is 17.9 Å². The highest BCUT2D eigenvalue weighted by molar-refractivity contribution is 5.71. The van der Waals surface area contributed by atoms with Gasteiger partial charge in [-0.3, -0.25) is 9.59 Å². The number of hydrogen-bond donors (Lipinski definition) is 1. The fraction of sp³-hybridized carbons (Fsp3) is 0.726. The monoisotopic (exact) mass is 995 g/mol. The summed E-state index contributed by atoms with van der Waals surface area (Å²) in [4.78, 5) is 37.4. The SMILES string of the molecule is CC/C=C\C/C=C\C/C=C\C/C=C\C/C=C\CCCCCCCC(=O)OC(COC(=O)CCCCCCCCCCCCCCC/C=C\C/C=C\CCCCCCC)COC(OCC[N+](C)(C)C)C(=O)O. The lowest BCUT2D eigenvalue weighted by molar-refractivity contribution is -0.870. The van der Waals surface area contributed by atoms with Crippen LogP contribution in [-0.2, 0) is 33.3 Å². The lowest BCUT2D eigenvalue weighted by Gasteiger charge is -2.25. The number of carbonyl (C=O) groups excluding carboxylic acids is 2. The lowest BCUT2D eigenvalue weighted by Crippen LogP contribution is -2.40. The van der Waals surface area contributed by atoms with E-state index < -0.39 is 24.3 Å². The van der Waals surface area contributed by atoms with Crippen LogP contribution in [0.2, 0.25) is 0 Å². The molecule has 0 bridgehead atoms. The van der Waals surface area contributed by atoms with Crippen molar-refractivity contribution in [1.29, 1.82) is 0 Å². The first-order valence-electron chi connectivity index (χ1n) is 28.8. The minimum absolute atomic E-state index is 0.180. The molecule has 0 amide bonds. The average molecular weight is 996 g/mol. The molecule has 71 heavy (non-hydrogen) atoms. The Bertz CT molecular complexity index is 1440. The van der Waals surface area contributed by atoms with Crippen molar-refractivity contribution in [3.05, 3.63) is 85.1 Å². The first-order chi connectivity index (χ1) is 34.6. The van der Waals surface area contributed by atoms with E-state index >= 15 is 0 Å². The number of aliphatic carboxylic acids is 1. The number of esters is 2. The smallest absolute Gasteiger partial charge is 0.361 e. The predicted molar refractivity (Wildman–Crippen MR) is 299 cm³/mol. The van der Waals surface area contributed by atoms with Crippen molar-refractivity contribution in [3.63, 3.8) is 0 Å². The fourth-order valence-corrected chi connectivity index (χ4v) is 7.72. The highest BCUT2D eigenvalue weighted by atomic mass is 16.7. The van der Waals surface area contributed by atoms with Gasteiger partial charge in [0.15, 0.2) is 6.10 Å². The summed E-state index contributed by atoms with van der Waals surface area (Å²) < 4.78 is 22.9. The van der Waals surface area contributed by atoms with Gasteiger partial charge in [-0.15, -0.1) is 0 Å². The first kappa shape index (κ1) is 67.5. The standard InChI is InChI=1S/C62H107NO8/c1-6-8-10-12-14-16-18-20-22-24-26-28-29-30-31-33-34-36-38-40-42-44-46-48-50-52-59(64)69-56-58(57-70-62(61(66)67)68-55-54-63(3,4)5)71-60(65)53-51-49-47-45-43-41-39-37-35-32-27-25-23-21-19-17-15-13-11-9-7-2/h9,11,15,17-18,20-21,23-24,26-27,32,37,39,58,62H,6-8,10,12-14,16,19,22,25,28-31,33-36,38,40-57H2,1-5H3/p+1/b11-9-,17-15-,20-18-,23-21-,26-24-,32-27-,39-37-. The molecule has 0 saturated carbocycles. The molecule has 2 unspecified atom stereocenters. The Morgan fingerprint density at radius 2 is 0.803 bits per heavy atom. The minimum atomic E-state index is -1.52. The van der Waals surface area contributed by atoms with Gasteiger partial charge < -0.3 is 28.5 Å². The molecule has 408 valence electrons. The molecule has 0 fully saturated rings. The van der Waals surface area contributed by atoms with E-state index in [2.05, 4.69) is 98.9 Å². The second-order valence-electron chi connectivity index (χ2n) is 20.2. The normalized spacial score (nSPS) is 13.4. The summed E-state index contributed by atoms with van der Waals surface area (Å²) in [7, 11) is 5.96. The molecule has 0 aromatic heterocycles. The van der Waals surface area contributed by atoms with Crippen LogP contribution in [0.25, 0.3) is 0 Å². The number of rotatable bonds is 52. The summed E-state index contributed by atoms with van der Waals surface area (Å²) >= 11 is 0. The molecule has 0 heterocycles. The van der Waals surface area contributed by atoms with Crippen LogP contribution in [0, 0.1) is 0 Å². The zero-order chi connectivity index (χ0) is 52.0. The molecule has 0 aliphatic rings. The van der Waals surface area contributed by atoms with Crippen LogP contribution < -0.4 is 0 Å². The van der Waals surface area contributed by atoms with E-state index in [0.29, 0.717) is 23.9 Å². The third-order valence-corrected chi connectivity index (χ3v) is 12.1. The van der Waals surface area contributed by atoms with Crippen molar-refractivity contribution in [1.82, 2.24) is 0 Å². The van der Waals surface area contributed by atoms with Crippen LogP contribution in [0.15, 0.2) is 85.1 Å². The number of ether oxygens (including phenoxy) is 4. The van der Waals surface area contributed by atoms with Gasteiger partial charge in [0.25, 0.3) is 6.29 Å². The molecule has 0 rings (SSSR count). The summed E-state index contributed by atoms with van der Waals surface area (Å²) in [5.74, 6) is -2.03. The number of hydrogen-bond acceptors (Lipinski definition) is 7. The van der Waals surface area contributed by atoms with E-state index in [1.54, 1.807) is 0 Å². The van der Waals surface area contributed by atoms with Gasteiger partial charge in [-0.1, -0.05) is 214 Å². The maximum absolute atomic E-state index is 12.9. The number of carbonyl (C=O) groups is 3. The summed E-state index contributed by atoms with van der Waals surface area (Å²) in [5, 5.41) is 9.70. The number of carboxylic acid groups (broad SMARTS) is 1. The Balaban J connectivity index is 4.29. The number of nitrogens with zero attached hydrogens (tertiary/aromatic N) is 1. The Morgan fingerprint density at radius 3 is 1.20 bits per heavy atom. The zero-order valence-corrected chi connectivity index (χ0v) is 46.4. The van der Waals surface area contributed by atoms with Crippen LogP contribution in [0.4, 0.5) is 0 Å². The minimum Gasteiger partial charge on any atom is -0.477 e. The number of allylic oxidation sites excluding steroid dienone is 14. The topological polar surface area (TPSA) is 108 Å². The van der Waals surface area contributed by atoms with Crippen LogP contribution in [-0.4, -0.2) is 87.4 Å². The third kappa shape index (κ3) is 54.1. The van der Waals surface area contributed by atoms with Gasteiger partial charge in [-0.25, -0.2) is 4.79 Å². The summed E-state index contributed by atoms with van der Waals surface area (Å²) in [6, 6.07) is 0. The van der Waals surface area contributed by atoms with E-state index in [1.807, 2.05) is 21.1 Å². The molecule has 0 aromatic carbocycles. The van der Waals surface area contributed by atoms with Gasteiger partial charge in [0.1, 0.15) is 13.2 Å². The van der Waals surface area contributed by atoms with Crippen molar-refractivity contribution in [2.75, 3.05) is 47.5 Å². The number of likely N-dealkylation sites (N-methyl/N-ethyl adjacent to an activating group) is 1. The lowest BCUT2D eigenvalue weighted by atomic mass is 10.0. The first-order valence-corrected chi connectivity index (χ1v) is 28.8. The largest absolute Gasteiger partial charge is 0.477 e. The Morgan fingerprint density at radius 1 is 0.437 bits per heavy atom. The quantitative estimate of drug-likeness (QED) is 0.0211. The third-order valence-electron chi connectivity index (χ3n) is 12.1. The van der Waals surface area contributed by atoms with E-state index in [1.165, 1.54) is 109 Å². The van der Waals surface area contributed by atoms with Gasteiger partial charge in [0, 0.05) is 12.8 Å². The van der Waals surface area contributed by atoms with E-state index in [-0.39, 0.29) is 32.2 Å². The molecular formula is C62H108NO8+. The molecule has 0 saturated heterocycles. The molecule has 0 spiro atoms. The maximum atomic E-state index is 12.9. The maximum Gasteiger partial charge on any atom is 0.361 e. The summed E-state index contributed by atoms with van der Waals surface area (Å²) in [6.07, 6.45) is 66.5. The van der Waals surface area contributed by atoms with E-state index in [0.717, 1.165) is 89.9 Å². The van der Waals surface area contributed by atoms with E-state index in [4.69, 9.17) is 18.9 Å². The molecule has 9 heteroatoms. The average Bonchev–Trinajstić information content (AvgIpc) is 3.34. The molecule has 0 radical (unpaired) electrons. The summed E-state index contributed by atoms with van der Waals surface area (Å²) in [6.45, 7) is 4.73. The molecule has 9 nitrogen and oxygen atoms in total. The Labute approximate surface area is 436 Å². The van der Waals surface area contributed by atoms with Gasteiger partial charge in [0.2, 0.25) is 0 Å². The van der Waals surface area contributed by atoms with Gasteiger partial charge in [-0.2, -0.15) is 0 Å². The highest BCUT2D eigenvalue weighted by Crippen LogP contribution is 2.15. The molecule has 0 aromatic rings. The van der Waals surface area contributed by atoms with Crippen molar-refractivity contribution in [3.8, 4) is 0 Å². The van der Waals surface area contributed by atoms with Crippen molar-refractivity contribution in [2.45, 2.75) is 245 Å². The van der Waals surface area contributed by atoms with Crippen LogP contribution in [0.5, 0.6) is 0 Å². The van der Waals surface area contributed by atoms with Gasteiger partial charge in [0.05, 0.1) is 34.4 Å².